The number of hydrogen-bond donors (Lipinski definition) is 0. The molecule has 25 heavy (non-hydrogen) atoms. The van der Waals surface area contributed by atoms with Gasteiger partial charge in [0.05, 0.1) is 17.9 Å². The van der Waals surface area contributed by atoms with Gasteiger partial charge in [0.2, 0.25) is 5.91 Å². The zero-order chi connectivity index (χ0) is 17.4. The first kappa shape index (κ1) is 17.0. The van der Waals surface area contributed by atoms with Crippen molar-refractivity contribution in [2.24, 2.45) is 0 Å². The summed E-state index contributed by atoms with van der Waals surface area (Å²) in [6.45, 7) is 2.91. The van der Waals surface area contributed by atoms with Gasteiger partial charge in [-0.1, -0.05) is 12.8 Å². The third-order valence-electron chi connectivity index (χ3n) is 5.39. The molecule has 0 unspecified atom stereocenters. The minimum absolute atomic E-state index is 0.0493. The van der Waals surface area contributed by atoms with Crippen molar-refractivity contribution in [2.45, 2.75) is 44.6 Å². The van der Waals surface area contributed by atoms with E-state index in [1.165, 1.54) is 0 Å². The Morgan fingerprint density at radius 2 is 1.68 bits per heavy atom. The molecule has 1 amide bonds. The van der Waals surface area contributed by atoms with Gasteiger partial charge in [-0.2, -0.15) is 22.1 Å². The predicted molar refractivity (Wildman–Crippen MR) is 93.4 cm³/mol. The zero-order valence-electron chi connectivity index (χ0n) is 14.4. The van der Waals surface area contributed by atoms with Crippen LogP contribution in [0.3, 0.4) is 0 Å². The molecule has 3 aliphatic heterocycles. The van der Waals surface area contributed by atoms with Crippen molar-refractivity contribution in [1.82, 2.24) is 18.4 Å². The smallest absolute Gasteiger partial charge is 0.282 e. The Balaban J connectivity index is 1.38. The SMILES string of the molecule is O=C1CCCN1c1cnn(C2CN(S(=O)(=O)N3CCCCCC3)C2)c1. The lowest BCUT2D eigenvalue weighted by Crippen LogP contribution is -2.55. The molecule has 0 saturated carbocycles. The zero-order valence-corrected chi connectivity index (χ0v) is 15.2. The minimum atomic E-state index is -3.35. The molecular formula is C16H25N5O3S. The first-order valence-electron chi connectivity index (χ1n) is 9.15. The van der Waals surface area contributed by atoms with Crippen molar-refractivity contribution < 1.29 is 13.2 Å². The summed E-state index contributed by atoms with van der Waals surface area (Å²) in [5.41, 5.74) is 0.816. The Hall–Kier alpha value is -1.45. The summed E-state index contributed by atoms with van der Waals surface area (Å²) >= 11 is 0. The van der Waals surface area contributed by atoms with Gasteiger partial charge in [0, 0.05) is 45.3 Å². The average molecular weight is 367 g/mol. The van der Waals surface area contributed by atoms with Crippen LogP contribution >= 0.6 is 0 Å². The molecule has 0 aromatic carbocycles. The van der Waals surface area contributed by atoms with E-state index >= 15 is 0 Å². The molecule has 0 radical (unpaired) electrons. The van der Waals surface area contributed by atoms with E-state index in [2.05, 4.69) is 5.10 Å². The number of hydrogen-bond acceptors (Lipinski definition) is 4. The molecule has 9 heteroatoms. The number of nitrogens with zero attached hydrogens (tertiary/aromatic N) is 5. The molecule has 1 aromatic rings. The summed E-state index contributed by atoms with van der Waals surface area (Å²) in [4.78, 5) is 13.6. The fourth-order valence-corrected chi connectivity index (χ4v) is 5.56. The molecular weight excluding hydrogens is 342 g/mol. The van der Waals surface area contributed by atoms with Crippen LogP contribution in [0.25, 0.3) is 0 Å². The minimum Gasteiger partial charge on any atom is -0.309 e. The number of carbonyl (C=O) groups is 1. The van der Waals surface area contributed by atoms with Crippen molar-refractivity contribution in [3.63, 3.8) is 0 Å². The molecule has 0 atom stereocenters. The number of anilines is 1. The first-order valence-corrected chi connectivity index (χ1v) is 10.5. The lowest BCUT2D eigenvalue weighted by atomic mass is 10.2. The van der Waals surface area contributed by atoms with Crippen LogP contribution in [0, 0.1) is 0 Å². The average Bonchev–Trinajstić information content (AvgIpc) is 3.06. The molecule has 4 heterocycles. The molecule has 1 aromatic heterocycles. The van der Waals surface area contributed by atoms with Gasteiger partial charge in [-0.15, -0.1) is 0 Å². The normalized spacial score (nSPS) is 24.5. The van der Waals surface area contributed by atoms with Crippen LogP contribution in [0.15, 0.2) is 12.4 Å². The largest absolute Gasteiger partial charge is 0.309 e. The number of amides is 1. The molecule has 138 valence electrons. The number of rotatable bonds is 4. The first-order chi connectivity index (χ1) is 12.1. The molecule has 8 nitrogen and oxygen atoms in total. The number of aromatic nitrogens is 2. The molecule has 3 saturated heterocycles. The second kappa shape index (κ2) is 6.69. The topological polar surface area (TPSA) is 78.8 Å². The summed E-state index contributed by atoms with van der Waals surface area (Å²) in [7, 11) is -3.35. The van der Waals surface area contributed by atoms with Gasteiger partial charge in [0.1, 0.15) is 0 Å². The highest BCUT2D eigenvalue weighted by Crippen LogP contribution is 2.29. The summed E-state index contributed by atoms with van der Waals surface area (Å²) in [6, 6.07) is 0.0493. The summed E-state index contributed by atoms with van der Waals surface area (Å²) < 4.78 is 30.4. The van der Waals surface area contributed by atoms with Crippen LogP contribution in [0.4, 0.5) is 5.69 Å². The lowest BCUT2D eigenvalue weighted by molar-refractivity contribution is -0.117. The fraction of sp³-hybridized carbons (Fsp3) is 0.750. The summed E-state index contributed by atoms with van der Waals surface area (Å²) in [5.74, 6) is 0.138. The molecule has 0 spiro atoms. The highest BCUT2D eigenvalue weighted by molar-refractivity contribution is 7.86. The van der Waals surface area contributed by atoms with Crippen LogP contribution in [-0.2, 0) is 15.0 Å². The van der Waals surface area contributed by atoms with Gasteiger partial charge in [0.15, 0.2) is 0 Å². The highest BCUT2D eigenvalue weighted by atomic mass is 32.2. The van der Waals surface area contributed by atoms with Gasteiger partial charge < -0.3 is 4.90 Å². The molecule has 3 fully saturated rings. The van der Waals surface area contributed by atoms with E-state index in [1.807, 2.05) is 6.20 Å². The van der Waals surface area contributed by atoms with E-state index in [9.17, 15) is 13.2 Å². The number of carbonyl (C=O) groups excluding carboxylic acids is 1. The monoisotopic (exact) mass is 367 g/mol. The third-order valence-corrected chi connectivity index (χ3v) is 7.36. The van der Waals surface area contributed by atoms with Gasteiger partial charge in [-0.25, -0.2) is 0 Å². The second-order valence-electron chi connectivity index (χ2n) is 7.12. The van der Waals surface area contributed by atoms with Crippen molar-refractivity contribution in [3.8, 4) is 0 Å². The van der Waals surface area contributed by atoms with E-state index in [4.69, 9.17) is 0 Å². The Labute approximate surface area is 148 Å². The molecule has 4 rings (SSSR count). The van der Waals surface area contributed by atoms with Crippen LogP contribution < -0.4 is 4.90 Å². The van der Waals surface area contributed by atoms with Gasteiger partial charge in [-0.3, -0.25) is 9.48 Å². The maximum Gasteiger partial charge on any atom is 0.282 e. The molecule has 0 aliphatic carbocycles. The van der Waals surface area contributed by atoms with Crippen LogP contribution in [0.5, 0.6) is 0 Å². The quantitative estimate of drug-likeness (QED) is 0.795. The summed E-state index contributed by atoms with van der Waals surface area (Å²) in [6.07, 6.45) is 9.16. The van der Waals surface area contributed by atoms with Gasteiger partial charge in [0.25, 0.3) is 10.2 Å². The van der Waals surface area contributed by atoms with E-state index in [0.29, 0.717) is 32.6 Å². The van der Waals surface area contributed by atoms with Crippen LogP contribution in [0.2, 0.25) is 0 Å². The predicted octanol–water partition coefficient (Wildman–Crippen LogP) is 0.987. The van der Waals surface area contributed by atoms with Crippen molar-refractivity contribution in [3.05, 3.63) is 12.4 Å². The maximum absolute atomic E-state index is 12.7. The standard InChI is InChI=1S/C16H25N5O3S/c22-16-6-5-9-20(16)14-10-17-21(13-14)15-11-19(12-15)25(23,24)18-7-3-1-2-4-8-18/h10,13,15H,1-9,11-12H2. The summed E-state index contributed by atoms with van der Waals surface area (Å²) in [5, 5.41) is 4.35. The molecule has 0 N–H and O–H groups in total. The van der Waals surface area contributed by atoms with Crippen LogP contribution in [0.1, 0.15) is 44.6 Å². The van der Waals surface area contributed by atoms with Crippen molar-refractivity contribution in [2.75, 3.05) is 37.6 Å². The second-order valence-corrected chi connectivity index (χ2v) is 9.05. The van der Waals surface area contributed by atoms with E-state index in [0.717, 1.165) is 44.3 Å². The lowest BCUT2D eigenvalue weighted by Gasteiger charge is -2.40. The Kier molecular flexibility index (Phi) is 4.55. The van der Waals surface area contributed by atoms with Gasteiger partial charge in [-0.05, 0) is 19.3 Å². The van der Waals surface area contributed by atoms with Crippen molar-refractivity contribution in [1.29, 1.82) is 0 Å². The Morgan fingerprint density at radius 1 is 0.960 bits per heavy atom. The molecule has 3 aliphatic rings. The maximum atomic E-state index is 12.7. The van der Waals surface area contributed by atoms with Gasteiger partial charge >= 0.3 is 0 Å². The third kappa shape index (κ3) is 3.20. The van der Waals surface area contributed by atoms with Crippen molar-refractivity contribution >= 4 is 21.8 Å². The Bertz CT molecular complexity index is 733. The highest BCUT2D eigenvalue weighted by Gasteiger charge is 2.40. The molecule has 0 bridgehead atoms. The van der Waals surface area contributed by atoms with E-state index in [-0.39, 0.29) is 11.9 Å². The van der Waals surface area contributed by atoms with E-state index < -0.39 is 10.2 Å². The Morgan fingerprint density at radius 3 is 2.32 bits per heavy atom. The van der Waals surface area contributed by atoms with Crippen LogP contribution in [-0.4, -0.2) is 65.4 Å². The fourth-order valence-electron chi connectivity index (χ4n) is 3.80. The van der Waals surface area contributed by atoms with E-state index in [1.54, 1.807) is 24.4 Å².